The van der Waals surface area contributed by atoms with Gasteiger partial charge in [-0.05, 0) is 36.1 Å². The highest BCUT2D eigenvalue weighted by atomic mass is 32.2. The van der Waals surface area contributed by atoms with E-state index in [1.165, 1.54) is 21.6 Å². The Morgan fingerprint density at radius 2 is 1.45 bits per heavy atom. The van der Waals surface area contributed by atoms with Crippen LogP contribution in [0.5, 0.6) is 0 Å². The third kappa shape index (κ3) is 3.87. The van der Waals surface area contributed by atoms with Crippen molar-refractivity contribution in [3.05, 3.63) is 65.2 Å². The molecule has 0 heterocycles. The summed E-state index contributed by atoms with van der Waals surface area (Å²) in [5.74, 6) is 0.580. The van der Waals surface area contributed by atoms with Gasteiger partial charge >= 0.3 is 0 Å². The second kappa shape index (κ2) is 6.96. The summed E-state index contributed by atoms with van der Waals surface area (Å²) in [5.41, 5.74) is 9.92. The van der Waals surface area contributed by atoms with Crippen molar-refractivity contribution in [3.63, 3.8) is 0 Å². The molecule has 1 nitrogen and oxygen atoms in total. The van der Waals surface area contributed by atoms with Gasteiger partial charge in [-0.1, -0.05) is 55.8 Å². The van der Waals surface area contributed by atoms with Gasteiger partial charge in [0.25, 0.3) is 0 Å². The van der Waals surface area contributed by atoms with Crippen LogP contribution in [0.25, 0.3) is 0 Å². The van der Waals surface area contributed by atoms with E-state index in [2.05, 4.69) is 69.3 Å². The Hall–Kier alpha value is -1.25. The van der Waals surface area contributed by atoms with Crippen LogP contribution < -0.4 is 5.73 Å². The van der Waals surface area contributed by atoms with Gasteiger partial charge in [-0.2, -0.15) is 0 Å². The number of hydrogen-bond donors (Lipinski definition) is 1. The second-order valence-electron chi connectivity index (χ2n) is 5.48. The maximum Gasteiger partial charge on any atom is 0.0466 e. The smallest absolute Gasteiger partial charge is 0.0466 e. The molecule has 0 amide bonds. The van der Waals surface area contributed by atoms with Gasteiger partial charge in [0.2, 0.25) is 0 Å². The molecule has 2 N–H and O–H groups in total. The lowest BCUT2D eigenvalue weighted by atomic mass is 10.0. The van der Waals surface area contributed by atoms with E-state index < -0.39 is 0 Å². The molecule has 0 aromatic heterocycles. The molecule has 2 rings (SSSR count). The van der Waals surface area contributed by atoms with Gasteiger partial charge in [-0.15, -0.1) is 11.8 Å². The molecule has 2 aromatic rings. The Bertz CT molecular complexity index is 528. The summed E-state index contributed by atoms with van der Waals surface area (Å²) in [6.07, 6.45) is 0. The molecular formula is C18H23NS. The molecule has 0 radical (unpaired) electrons. The van der Waals surface area contributed by atoms with Crippen molar-refractivity contribution in [2.24, 2.45) is 5.73 Å². The number of aryl methyl sites for hydroxylation is 1. The van der Waals surface area contributed by atoms with Crippen LogP contribution in [0.1, 0.15) is 41.7 Å². The zero-order chi connectivity index (χ0) is 14.5. The van der Waals surface area contributed by atoms with Crippen molar-refractivity contribution in [1.82, 2.24) is 0 Å². The molecule has 0 saturated carbocycles. The van der Waals surface area contributed by atoms with Gasteiger partial charge in [-0.3, -0.25) is 0 Å². The predicted octanol–water partition coefficient (Wildman–Crippen LogP) is 4.91. The van der Waals surface area contributed by atoms with Crippen LogP contribution in [0, 0.1) is 6.92 Å². The lowest BCUT2D eigenvalue weighted by Gasteiger charge is -2.16. The molecule has 1 atom stereocenters. The fraction of sp³-hybridized carbons (Fsp3) is 0.333. The summed E-state index contributed by atoms with van der Waals surface area (Å²) in [6, 6.07) is 17.5. The summed E-state index contributed by atoms with van der Waals surface area (Å²) in [4.78, 5) is 1.28. The maximum atomic E-state index is 5.95. The number of hydrogen-bond acceptors (Lipinski definition) is 2. The Morgan fingerprint density at radius 1 is 0.900 bits per heavy atom. The molecule has 0 aliphatic heterocycles. The lowest BCUT2D eigenvalue weighted by Crippen LogP contribution is -2.09. The Balaban J connectivity index is 2.11. The fourth-order valence-corrected chi connectivity index (χ4v) is 3.14. The molecule has 20 heavy (non-hydrogen) atoms. The molecule has 0 saturated heterocycles. The Morgan fingerprint density at radius 3 is 1.95 bits per heavy atom. The van der Waals surface area contributed by atoms with E-state index in [0.29, 0.717) is 17.7 Å². The number of nitrogens with two attached hydrogens (primary N) is 1. The van der Waals surface area contributed by atoms with E-state index in [1.807, 2.05) is 11.8 Å². The molecule has 1 unspecified atom stereocenters. The van der Waals surface area contributed by atoms with Gasteiger partial charge in [0.15, 0.2) is 0 Å². The fourth-order valence-electron chi connectivity index (χ4n) is 2.13. The van der Waals surface area contributed by atoms with Crippen molar-refractivity contribution in [3.8, 4) is 0 Å². The van der Waals surface area contributed by atoms with E-state index in [0.717, 1.165) is 0 Å². The molecule has 0 fully saturated rings. The van der Waals surface area contributed by atoms with E-state index in [1.54, 1.807) is 0 Å². The van der Waals surface area contributed by atoms with Crippen LogP contribution in [0.2, 0.25) is 0 Å². The molecule has 0 bridgehead atoms. The van der Waals surface area contributed by atoms with Crippen molar-refractivity contribution in [2.75, 3.05) is 6.54 Å². The third-order valence-corrected chi connectivity index (χ3v) is 4.78. The average Bonchev–Trinajstić information content (AvgIpc) is 2.46. The minimum absolute atomic E-state index is 0.320. The van der Waals surface area contributed by atoms with Gasteiger partial charge in [0.1, 0.15) is 0 Å². The van der Waals surface area contributed by atoms with Crippen LogP contribution in [0.15, 0.2) is 53.4 Å². The van der Waals surface area contributed by atoms with Crippen LogP contribution in [0.3, 0.4) is 0 Å². The normalized spacial score (nSPS) is 12.7. The average molecular weight is 285 g/mol. The van der Waals surface area contributed by atoms with Crippen molar-refractivity contribution in [1.29, 1.82) is 0 Å². The lowest BCUT2D eigenvalue weighted by molar-refractivity contribution is 0.864. The maximum absolute atomic E-state index is 5.95. The molecule has 0 spiro atoms. The zero-order valence-electron chi connectivity index (χ0n) is 12.5. The van der Waals surface area contributed by atoms with Crippen LogP contribution in [-0.2, 0) is 0 Å². The summed E-state index contributed by atoms with van der Waals surface area (Å²) >= 11 is 1.84. The number of benzene rings is 2. The van der Waals surface area contributed by atoms with Crippen LogP contribution in [0.4, 0.5) is 0 Å². The second-order valence-corrected chi connectivity index (χ2v) is 6.75. The first-order chi connectivity index (χ1) is 9.60. The molecule has 106 valence electrons. The summed E-state index contributed by atoms with van der Waals surface area (Å²) < 4.78 is 0. The SMILES string of the molecule is Cc1ccc(C(CN)Sc2ccc(C(C)C)cc2)cc1. The highest BCUT2D eigenvalue weighted by Gasteiger charge is 2.11. The van der Waals surface area contributed by atoms with Gasteiger partial charge in [0.05, 0.1) is 0 Å². The van der Waals surface area contributed by atoms with Gasteiger partial charge < -0.3 is 5.73 Å². The van der Waals surface area contributed by atoms with E-state index in [9.17, 15) is 0 Å². The minimum Gasteiger partial charge on any atom is -0.329 e. The van der Waals surface area contributed by atoms with Crippen LogP contribution in [-0.4, -0.2) is 6.54 Å². The molecular weight excluding hydrogens is 262 g/mol. The van der Waals surface area contributed by atoms with Gasteiger partial charge in [-0.25, -0.2) is 0 Å². The predicted molar refractivity (Wildman–Crippen MR) is 89.4 cm³/mol. The molecule has 2 heteroatoms. The highest BCUT2D eigenvalue weighted by molar-refractivity contribution is 7.99. The van der Waals surface area contributed by atoms with E-state index in [-0.39, 0.29) is 0 Å². The monoisotopic (exact) mass is 285 g/mol. The van der Waals surface area contributed by atoms with Crippen molar-refractivity contribution < 1.29 is 0 Å². The quantitative estimate of drug-likeness (QED) is 0.790. The zero-order valence-corrected chi connectivity index (χ0v) is 13.3. The van der Waals surface area contributed by atoms with E-state index >= 15 is 0 Å². The summed E-state index contributed by atoms with van der Waals surface area (Å²) in [5, 5.41) is 0.320. The molecule has 0 aliphatic rings. The first kappa shape index (κ1) is 15.1. The third-order valence-electron chi connectivity index (χ3n) is 3.49. The molecule has 2 aromatic carbocycles. The first-order valence-electron chi connectivity index (χ1n) is 7.13. The molecule has 0 aliphatic carbocycles. The van der Waals surface area contributed by atoms with Gasteiger partial charge in [0, 0.05) is 16.7 Å². The minimum atomic E-state index is 0.320. The van der Waals surface area contributed by atoms with Crippen molar-refractivity contribution >= 4 is 11.8 Å². The standard InChI is InChI=1S/C18H23NS/c1-13(2)15-8-10-17(11-9-15)20-18(12-19)16-6-4-14(3)5-7-16/h4-11,13,18H,12,19H2,1-3H3. The van der Waals surface area contributed by atoms with Crippen molar-refractivity contribution in [2.45, 2.75) is 36.8 Å². The number of rotatable bonds is 5. The topological polar surface area (TPSA) is 26.0 Å². The Kier molecular flexibility index (Phi) is 5.27. The van der Waals surface area contributed by atoms with Crippen LogP contribution >= 0.6 is 11.8 Å². The summed E-state index contributed by atoms with van der Waals surface area (Å²) in [7, 11) is 0. The summed E-state index contributed by atoms with van der Waals surface area (Å²) in [6.45, 7) is 7.20. The van der Waals surface area contributed by atoms with E-state index in [4.69, 9.17) is 5.73 Å². The highest BCUT2D eigenvalue weighted by Crippen LogP contribution is 2.35. The largest absolute Gasteiger partial charge is 0.329 e. The Labute approximate surface area is 126 Å². The number of thioether (sulfide) groups is 1. The first-order valence-corrected chi connectivity index (χ1v) is 8.01.